The van der Waals surface area contributed by atoms with Crippen molar-refractivity contribution in [1.82, 2.24) is 9.97 Å². The van der Waals surface area contributed by atoms with E-state index in [0.29, 0.717) is 18.1 Å². The second kappa shape index (κ2) is 17.5. The van der Waals surface area contributed by atoms with Crippen LogP contribution in [0.2, 0.25) is 0 Å². The highest BCUT2D eigenvalue weighted by molar-refractivity contribution is 5.55. The zero-order valence-corrected chi connectivity index (χ0v) is 21.9. The van der Waals surface area contributed by atoms with Gasteiger partial charge < -0.3 is 4.74 Å². The summed E-state index contributed by atoms with van der Waals surface area (Å²) >= 11 is 0. The number of benzene rings is 1. The van der Waals surface area contributed by atoms with Gasteiger partial charge in [-0.15, -0.1) is 0 Å². The topological polar surface area (TPSA) is 35.0 Å². The molecule has 0 aliphatic heterocycles. The highest BCUT2D eigenvalue weighted by atomic mass is 19.1. The second-order valence-electron chi connectivity index (χ2n) is 9.87. The Balaban J connectivity index is 1.63. The van der Waals surface area contributed by atoms with E-state index in [4.69, 9.17) is 4.74 Å². The number of hydrogen-bond donors (Lipinski definition) is 0. The molecule has 1 heterocycles. The molecular weight excluding hydrogens is 423 g/mol. The van der Waals surface area contributed by atoms with E-state index in [9.17, 15) is 4.39 Å². The Morgan fingerprint density at radius 3 is 1.97 bits per heavy atom. The number of alkyl halides is 1. The number of unbranched alkanes of at least 4 members (excludes halogenated alkanes) is 9. The molecule has 2 aromatic rings. The first kappa shape index (κ1) is 28.3. The summed E-state index contributed by atoms with van der Waals surface area (Å²) < 4.78 is 19.7. The monoisotopic (exact) mass is 470 g/mol. The molecule has 0 saturated heterocycles. The average molecular weight is 471 g/mol. The predicted octanol–water partition coefficient (Wildman–Crippen LogP) is 9.15. The van der Waals surface area contributed by atoms with Crippen molar-refractivity contribution in [3.63, 3.8) is 0 Å². The molecule has 3 nitrogen and oxygen atoms in total. The molecule has 0 amide bonds. The van der Waals surface area contributed by atoms with E-state index in [1.807, 2.05) is 36.7 Å². The summed E-state index contributed by atoms with van der Waals surface area (Å²) in [5.41, 5.74) is 2.15. The van der Waals surface area contributed by atoms with Gasteiger partial charge in [-0.25, -0.2) is 14.4 Å². The molecule has 2 atom stereocenters. The Morgan fingerprint density at radius 2 is 1.38 bits per heavy atom. The van der Waals surface area contributed by atoms with Crippen LogP contribution in [-0.2, 0) is 6.42 Å². The Labute approximate surface area is 208 Å². The average Bonchev–Trinajstić information content (AvgIpc) is 2.87. The van der Waals surface area contributed by atoms with Crippen LogP contribution in [0.15, 0.2) is 36.7 Å². The van der Waals surface area contributed by atoms with Crippen molar-refractivity contribution in [3.05, 3.63) is 42.2 Å². The standard InChI is InChI=1S/C30H47FN2O/c1-4-6-7-8-9-10-11-12-13-14-15-26-22-32-30(33-23-26)27-17-20-29(21-18-27)34-24-28(31)19-16-25(3)5-2/h17-18,20-23,25,28H,4-16,19,24H2,1-3H3/t25-,28+/m0/s1. The van der Waals surface area contributed by atoms with E-state index >= 15 is 0 Å². The lowest BCUT2D eigenvalue weighted by molar-refractivity contribution is 0.179. The molecule has 0 spiro atoms. The molecule has 2 rings (SSSR count). The van der Waals surface area contributed by atoms with Gasteiger partial charge in [0.2, 0.25) is 0 Å². The van der Waals surface area contributed by atoms with E-state index in [1.165, 1.54) is 69.8 Å². The Morgan fingerprint density at radius 1 is 0.794 bits per heavy atom. The SMILES string of the molecule is CCCCCCCCCCCCc1cnc(-c2ccc(OC[C@H](F)CC[C@@H](C)CC)cc2)nc1. The minimum atomic E-state index is -0.917. The fourth-order valence-corrected chi connectivity index (χ4v) is 4.09. The molecule has 4 heteroatoms. The molecule has 0 bridgehead atoms. The zero-order valence-electron chi connectivity index (χ0n) is 21.9. The van der Waals surface area contributed by atoms with Crippen molar-refractivity contribution in [2.24, 2.45) is 5.92 Å². The van der Waals surface area contributed by atoms with E-state index < -0.39 is 6.17 Å². The van der Waals surface area contributed by atoms with Gasteiger partial charge in [0.05, 0.1) is 0 Å². The van der Waals surface area contributed by atoms with Crippen LogP contribution in [0, 0.1) is 5.92 Å². The molecule has 0 aliphatic rings. The summed E-state index contributed by atoms with van der Waals surface area (Å²) in [5.74, 6) is 1.97. The summed E-state index contributed by atoms with van der Waals surface area (Å²) in [4.78, 5) is 9.11. The Hall–Kier alpha value is -1.97. The smallest absolute Gasteiger partial charge is 0.159 e. The minimum Gasteiger partial charge on any atom is -0.491 e. The first-order valence-electron chi connectivity index (χ1n) is 13.8. The van der Waals surface area contributed by atoms with Gasteiger partial charge in [0.1, 0.15) is 18.5 Å². The van der Waals surface area contributed by atoms with Gasteiger partial charge in [0.15, 0.2) is 5.82 Å². The number of rotatable bonds is 19. The third-order valence-corrected chi connectivity index (χ3v) is 6.74. The number of nitrogens with zero attached hydrogens (tertiary/aromatic N) is 2. The number of aryl methyl sites for hydroxylation is 1. The Bertz CT molecular complexity index is 747. The lowest BCUT2D eigenvalue weighted by Crippen LogP contribution is -2.14. The molecule has 1 aromatic heterocycles. The minimum absolute atomic E-state index is 0.111. The highest BCUT2D eigenvalue weighted by Gasteiger charge is 2.10. The summed E-state index contributed by atoms with van der Waals surface area (Å²) in [6.45, 7) is 6.69. The van der Waals surface area contributed by atoms with Crippen LogP contribution in [0.1, 0.15) is 110 Å². The van der Waals surface area contributed by atoms with E-state index in [2.05, 4.69) is 30.7 Å². The molecule has 0 N–H and O–H groups in total. The normalized spacial score (nSPS) is 13.1. The van der Waals surface area contributed by atoms with Crippen LogP contribution in [0.4, 0.5) is 4.39 Å². The zero-order chi connectivity index (χ0) is 24.4. The maximum atomic E-state index is 14.0. The van der Waals surface area contributed by atoms with Crippen molar-refractivity contribution in [2.75, 3.05) is 6.61 Å². The van der Waals surface area contributed by atoms with E-state index in [-0.39, 0.29) is 6.61 Å². The van der Waals surface area contributed by atoms with E-state index in [0.717, 1.165) is 30.7 Å². The van der Waals surface area contributed by atoms with Gasteiger partial charge in [-0.05, 0) is 61.4 Å². The number of ether oxygens (including phenoxy) is 1. The van der Waals surface area contributed by atoms with Crippen LogP contribution in [0.3, 0.4) is 0 Å². The molecule has 0 saturated carbocycles. The molecule has 1 aromatic carbocycles. The lowest BCUT2D eigenvalue weighted by Gasteiger charge is -2.13. The summed E-state index contributed by atoms with van der Waals surface area (Å²) in [6, 6.07) is 7.63. The van der Waals surface area contributed by atoms with Gasteiger partial charge in [-0.3, -0.25) is 0 Å². The van der Waals surface area contributed by atoms with Gasteiger partial charge in [0.25, 0.3) is 0 Å². The van der Waals surface area contributed by atoms with Crippen LogP contribution in [0.5, 0.6) is 5.75 Å². The van der Waals surface area contributed by atoms with Crippen LogP contribution in [0.25, 0.3) is 11.4 Å². The molecule has 0 fully saturated rings. The fraction of sp³-hybridized carbons (Fsp3) is 0.667. The maximum absolute atomic E-state index is 14.0. The molecule has 34 heavy (non-hydrogen) atoms. The Kier molecular flexibility index (Phi) is 14.5. The molecule has 0 unspecified atom stereocenters. The molecule has 0 aliphatic carbocycles. The van der Waals surface area contributed by atoms with Gasteiger partial charge >= 0.3 is 0 Å². The first-order chi connectivity index (χ1) is 16.6. The number of hydrogen-bond acceptors (Lipinski definition) is 3. The van der Waals surface area contributed by atoms with Gasteiger partial charge in [0, 0.05) is 18.0 Å². The highest BCUT2D eigenvalue weighted by Crippen LogP contribution is 2.21. The van der Waals surface area contributed by atoms with Crippen molar-refractivity contribution in [2.45, 2.75) is 117 Å². The third kappa shape index (κ3) is 11.9. The van der Waals surface area contributed by atoms with E-state index in [1.54, 1.807) is 0 Å². The van der Waals surface area contributed by atoms with Crippen LogP contribution < -0.4 is 4.74 Å². The molecule has 190 valence electrons. The van der Waals surface area contributed by atoms with Crippen LogP contribution in [-0.4, -0.2) is 22.7 Å². The van der Waals surface area contributed by atoms with Crippen molar-refractivity contribution in [1.29, 1.82) is 0 Å². The fourth-order valence-electron chi connectivity index (χ4n) is 4.09. The van der Waals surface area contributed by atoms with Crippen LogP contribution >= 0.6 is 0 Å². The first-order valence-corrected chi connectivity index (χ1v) is 13.8. The van der Waals surface area contributed by atoms with Gasteiger partial charge in [-0.1, -0.05) is 85.0 Å². The second-order valence-corrected chi connectivity index (χ2v) is 9.87. The van der Waals surface area contributed by atoms with Crippen molar-refractivity contribution < 1.29 is 9.13 Å². The summed E-state index contributed by atoms with van der Waals surface area (Å²) in [7, 11) is 0. The number of aromatic nitrogens is 2. The quantitative estimate of drug-likeness (QED) is 0.192. The predicted molar refractivity (Wildman–Crippen MR) is 142 cm³/mol. The van der Waals surface area contributed by atoms with Crippen molar-refractivity contribution in [3.8, 4) is 17.1 Å². The summed E-state index contributed by atoms with van der Waals surface area (Å²) in [6.07, 6.45) is 20.1. The largest absolute Gasteiger partial charge is 0.491 e. The van der Waals surface area contributed by atoms with Crippen molar-refractivity contribution >= 4 is 0 Å². The van der Waals surface area contributed by atoms with Gasteiger partial charge in [-0.2, -0.15) is 0 Å². The number of halogens is 1. The third-order valence-electron chi connectivity index (χ3n) is 6.74. The molecular formula is C30H47FN2O. The maximum Gasteiger partial charge on any atom is 0.159 e. The molecule has 0 radical (unpaired) electrons. The summed E-state index contributed by atoms with van der Waals surface area (Å²) in [5, 5.41) is 0. The lowest BCUT2D eigenvalue weighted by atomic mass is 10.0.